The number of carbonyl (C=O) groups excluding carboxylic acids is 1. The van der Waals surface area contributed by atoms with E-state index in [4.69, 9.17) is 18.9 Å². The van der Waals surface area contributed by atoms with Crippen LogP contribution < -0.4 is 24.4 Å². The highest BCUT2D eigenvalue weighted by atomic mass is 16.5. The molecule has 0 aliphatic carbocycles. The van der Waals surface area contributed by atoms with Crippen molar-refractivity contribution in [2.24, 2.45) is 0 Å². The number of morpholine rings is 1. The molecule has 0 bridgehead atoms. The van der Waals surface area contributed by atoms with Crippen LogP contribution in [-0.2, 0) is 4.74 Å². The monoisotopic (exact) mass is 388 g/mol. The van der Waals surface area contributed by atoms with Gasteiger partial charge in [-0.15, -0.1) is 0 Å². The van der Waals surface area contributed by atoms with Crippen LogP contribution in [0.1, 0.15) is 16.3 Å². The number of methoxy groups -OCH3 is 3. The van der Waals surface area contributed by atoms with Gasteiger partial charge in [0.1, 0.15) is 17.3 Å². The molecule has 1 fully saturated rings. The fourth-order valence-electron chi connectivity index (χ4n) is 2.97. The van der Waals surface area contributed by atoms with Crippen molar-refractivity contribution in [1.29, 1.82) is 0 Å². The molecule has 9 nitrogen and oxygen atoms in total. The third kappa shape index (κ3) is 4.25. The van der Waals surface area contributed by atoms with E-state index >= 15 is 0 Å². The van der Waals surface area contributed by atoms with E-state index in [9.17, 15) is 4.79 Å². The van der Waals surface area contributed by atoms with Crippen molar-refractivity contribution in [3.05, 3.63) is 29.7 Å². The lowest BCUT2D eigenvalue weighted by Gasteiger charge is -2.28. The third-order valence-corrected chi connectivity index (χ3v) is 4.31. The molecular weight excluding hydrogens is 364 g/mol. The van der Waals surface area contributed by atoms with Gasteiger partial charge in [-0.1, -0.05) is 0 Å². The lowest BCUT2D eigenvalue weighted by molar-refractivity contribution is 0.102. The minimum Gasteiger partial charge on any atom is -0.493 e. The molecule has 1 aromatic heterocycles. The van der Waals surface area contributed by atoms with Crippen molar-refractivity contribution in [1.82, 2.24) is 9.97 Å². The topological polar surface area (TPSA) is 95.0 Å². The number of rotatable bonds is 6. The molecule has 0 atom stereocenters. The van der Waals surface area contributed by atoms with E-state index in [-0.39, 0.29) is 11.6 Å². The predicted octanol–water partition coefficient (Wildman–Crippen LogP) is 1.90. The Balaban J connectivity index is 1.86. The Morgan fingerprint density at radius 2 is 1.68 bits per heavy atom. The van der Waals surface area contributed by atoms with Crippen LogP contribution in [0.15, 0.2) is 18.2 Å². The van der Waals surface area contributed by atoms with Gasteiger partial charge in [0.2, 0.25) is 5.75 Å². The Kier molecular flexibility index (Phi) is 6.15. The molecule has 1 N–H and O–H groups in total. The van der Waals surface area contributed by atoms with Crippen molar-refractivity contribution in [3.8, 4) is 17.2 Å². The zero-order valence-electron chi connectivity index (χ0n) is 16.4. The van der Waals surface area contributed by atoms with Crippen LogP contribution in [0.5, 0.6) is 17.2 Å². The van der Waals surface area contributed by atoms with Crippen molar-refractivity contribution in [2.45, 2.75) is 6.92 Å². The summed E-state index contributed by atoms with van der Waals surface area (Å²) in [6.07, 6.45) is 0. The van der Waals surface area contributed by atoms with Crippen LogP contribution >= 0.6 is 0 Å². The summed E-state index contributed by atoms with van der Waals surface area (Å²) in [5, 5.41) is 2.83. The van der Waals surface area contributed by atoms with E-state index in [0.717, 1.165) is 13.1 Å². The largest absolute Gasteiger partial charge is 0.493 e. The molecule has 1 saturated heterocycles. The fraction of sp³-hybridized carbons (Fsp3) is 0.421. The average Bonchev–Trinajstić information content (AvgIpc) is 2.73. The summed E-state index contributed by atoms with van der Waals surface area (Å²) in [6, 6.07) is 5.01. The van der Waals surface area contributed by atoms with Gasteiger partial charge in [-0.05, 0) is 6.92 Å². The lowest BCUT2D eigenvalue weighted by atomic mass is 10.2. The van der Waals surface area contributed by atoms with E-state index in [1.165, 1.54) is 21.3 Å². The van der Waals surface area contributed by atoms with E-state index in [1.807, 2.05) is 0 Å². The normalized spacial score (nSPS) is 13.8. The summed E-state index contributed by atoms with van der Waals surface area (Å²) >= 11 is 0. The van der Waals surface area contributed by atoms with Gasteiger partial charge in [0.25, 0.3) is 5.91 Å². The standard InChI is InChI=1S/C19H24N4O5/c1-12-20-14(11-17(21-12)23-5-7-28-8-6-23)19(24)22-13-9-15(25-2)18(27-4)16(10-13)26-3/h9-11H,5-8H2,1-4H3,(H,22,24). The van der Waals surface area contributed by atoms with E-state index in [0.29, 0.717) is 47.8 Å². The van der Waals surface area contributed by atoms with Gasteiger partial charge in [0, 0.05) is 37.0 Å². The molecule has 1 amide bonds. The molecule has 1 aliphatic heterocycles. The van der Waals surface area contributed by atoms with Crippen LogP contribution in [0.4, 0.5) is 11.5 Å². The highest BCUT2D eigenvalue weighted by Gasteiger charge is 2.19. The number of nitrogens with one attached hydrogen (secondary N) is 1. The maximum absolute atomic E-state index is 12.8. The molecule has 0 unspecified atom stereocenters. The van der Waals surface area contributed by atoms with Crippen molar-refractivity contribution >= 4 is 17.4 Å². The molecule has 0 radical (unpaired) electrons. The van der Waals surface area contributed by atoms with E-state index in [1.54, 1.807) is 25.1 Å². The quantitative estimate of drug-likeness (QED) is 0.802. The SMILES string of the molecule is COc1cc(NC(=O)c2cc(N3CCOCC3)nc(C)n2)cc(OC)c1OC. The second-order valence-corrected chi connectivity index (χ2v) is 6.13. The molecule has 150 valence electrons. The summed E-state index contributed by atoms with van der Waals surface area (Å²) in [6.45, 7) is 4.49. The van der Waals surface area contributed by atoms with Crippen LogP contribution in [0.2, 0.25) is 0 Å². The number of aryl methyl sites for hydroxylation is 1. The average molecular weight is 388 g/mol. The Labute approximate surface area is 163 Å². The van der Waals surface area contributed by atoms with Crippen molar-refractivity contribution in [2.75, 3.05) is 57.8 Å². The van der Waals surface area contributed by atoms with Gasteiger partial charge in [-0.25, -0.2) is 9.97 Å². The summed E-state index contributed by atoms with van der Waals surface area (Å²) in [5.74, 6) is 2.24. The molecule has 0 saturated carbocycles. The van der Waals surface area contributed by atoms with Crippen LogP contribution in [-0.4, -0.2) is 63.5 Å². The molecule has 0 spiro atoms. The molecule has 1 aliphatic rings. The van der Waals surface area contributed by atoms with Crippen molar-refractivity contribution < 1.29 is 23.7 Å². The number of carbonyl (C=O) groups is 1. The maximum atomic E-state index is 12.8. The Hall–Kier alpha value is -3.07. The smallest absolute Gasteiger partial charge is 0.274 e. The molecular formula is C19H24N4O5. The number of aromatic nitrogens is 2. The molecule has 28 heavy (non-hydrogen) atoms. The number of ether oxygens (including phenoxy) is 4. The number of hydrogen-bond acceptors (Lipinski definition) is 8. The zero-order chi connectivity index (χ0) is 20.1. The van der Waals surface area contributed by atoms with E-state index < -0.39 is 0 Å². The first kappa shape index (κ1) is 19.7. The second-order valence-electron chi connectivity index (χ2n) is 6.13. The number of amides is 1. The summed E-state index contributed by atoms with van der Waals surface area (Å²) < 4.78 is 21.3. The van der Waals surface area contributed by atoms with Crippen LogP contribution in [0.25, 0.3) is 0 Å². The van der Waals surface area contributed by atoms with Crippen molar-refractivity contribution in [3.63, 3.8) is 0 Å². The minimum absolute atomic E-state index is 0.280. The highest BCUT2D eigenvalue weighted by molar-refractivity contribution is 6.03. The summed E-state index contributed by atoms with van der Waals surface area (Å²) in [4.78, 5) is 23.6. The van der Waals surface area contributed by atoms with Gasteiger partial charge in [-0.2, -0.15) is 0 Å². The fourth-order valence-corrected chi connectivity index (χ4v) is 2.97. The van der Waals surface area contributed by atoms with Gasteiger partial charge in [0.05, 0.1) is 34.5 Å². The third-order valence-electron chi connectivity index (χ3n) is 4.31. The molecule has 9 heteroatoms. The Bertz CT molecular complexity index is 827. The zero-order valence-corrected chi connectivity index (χ0v) is 16.4. The highest BCUT2D eigenvalue weighted by Crippen LogP contribution is 2.40. The Morgan fingerprint density at radius 3 is 2.25 bits per heavy atom. The molecule has 1 aromatic carbocycles. The molecule has 2 aromatic rings. The van der Waals surface area contributed by atoms with Gasteiger partial charge >= 0.3 is 0 Å². The lowest BCUT2D eigenvalue weighted by Crippen LogP contribution is -2.37. The first-order chi connectivity index (χ1) is 13.5. The van der Waals surface area contributed by atoms with Gasteiger partial charge < -0.3 is 29.2 Å². The van der Waals surface area contributed by atoms with Gasteiger partial charge in [0.15, 0.2) is 11.5 Å². The van der Waals surface area contributed by atoms with Gasteiger partial charge in [-0.3, -0.25) is 4.79 Å². The molecule has 3 rings (SSSR count). The summed E-state index contributed by atoms with van der Waals surface area (Å²) in [5.41, 5.74) is 0.784. The maximum Gasteiger partial charge on any atom is 0.274 e. The second kappa shape index (κ2) is 8.75. The van der Waals surface area contributed by atoms with E-state index in [2.05, 4.69) is 20.2 Å². The number of nitrogens with zero attached hydrogens (tertiary/aromatic N) is 3. The minimum atomic E-state index is -0.353. The van der Waals surface area contributed by atoms with Crippen LogP contribution in [0, 0.1) is 6.92 Å². The predicted molar refractivity (Wildman–Crippen MR) is 104 cm³/mol. The number of benzene rings is 1. The number of anilines is 2. The molecule has 2 heterocycles. The first-order valence-electron chi connectivity index (χ1n) is 8.85. The number of hydrogen-bond donors (Lipinski definition) is 1. The first-order valence-corrected chi connectivity index (χ1v) is 8.85. The van der Waals surface area contributed by atoms with Crippen LogP contribution in [0.3, 0.4) is 0 Å². The summed E-state index contributed by atoms with van der Waals surface area (Å²) in [7, 11) is 4.56. The Morgan fingerprint density at radius 1 is 1.04 bits per heavy atom.